The lowest BCUT2D eigenvalue weighted by molar-refractivity contribution is -0.145. The summed E-state index contributed by atoms with van der Waals surface area (Å²) in [5.41, 5.74) is 1.03. The molecule has 1 aromatic carbocycles. The Morgan fingerprint density at radius 1 is 1.50 bits per heavy atom. The van der Waals surface area contributed by atoms with E-state index in [1.54, 1.807) is 6.92 Å². The van der Waals surface area contributed by atoms with Crippen LogP contribution in [0.1, 0.15) is 18.6 Å². The minimum absolute atomic E-state index is 0.0854. The fourth-order valence-corrected chi connectivity index (χ4v) is 2.18. The zero-order chi connectivity index (χ0) is 13.1. The first-order valence-electron chi connectivity index (χ1n) is 5.92. The molecule has 0 radical (unpaired) electrons. The summed E-state index contributed by atoms with van der Waals surface area (Å²) in [7, 11) is 0. The van der Waals surface area contributed by atoms with Gasteiger partial charge in [-0.15, -0.1) is 0 Å². The molecule has 1 aromatic rings. The second kappa shape index (κ2) is 5.69. The number of nitrogens with zero attached hydrogens (tertiary/aromatic N) is 1. The zero-order valence-corrected chi connectivity index (χ0v) is 10.9. The average Bonchev–Trinajstić information content (AvgIpc) is 2.38. The number of aliphatic carboxylic acids is 1. The Labute approximate surface area is 111 Å². The third kappa shape index (κ3) is 3.02. The fourth-order valence-electron chi connectivity index (χ4n) is 2.06. The molecule has 0 amide bonds. The first-order valence-corrected chi connectivity index (χ1v) is 6.29. The smallest absolute Gasteiger partial charge is 0.320 e. The van der Waals surface area contributed by atoms with Crippen molar-refractivity contribution in [3.8, 4) is 0 Å². The van der Waals surface area contributed by atoms with Crippen LogP contribution in [0.2, 0.25) is 5.02 Å². The number of carboxylic acid groups (broad SMARTS) is 1. The number of hydrogen-bond donors (Lipinski definition) is 1. The molecule has 0 unspecified atom stereocenters. The summed E-state index contributed by atoms with van der Waals surface area (Å²) >= 11 is 5.84. The molecular formula is C13H16ClNO3. The topological polar surface area (TPSA) is 49.8 Å². The Kier molecular flexibility index (Phi) is 4.22. The number of carboxylic acids is 1. The standard InChI is InChI=1S/C13H16ClNO3/c1-9(13(16)17)15-6-7-18-12(8-15)10-2-4-11(14)5-3-10/h2-5,9,12H,6-8H2,1H3,(H,16,17)/t9-,12+/m0/s1. The van der Waals surface area contributed by atoms with Gasteiger partial charge in [-0.05, 0) is 24.6 Å². The highest BCUT2D eigenvalue weighted by molar-refractivity contribution is 6.30. The van der Waals surface area contributed by atoms with Crippen LogP contribution in [0, 0.1) is 0 Å². The molecule has 4 nitrogen and oxygen atoms in total. The Morgan fingerprint density at radius 3 is 2.78 bits per heavy atom. The van der Waals surface area contributed by atoms with Crippen molar-refractivity contribution in [3.05, 3.63) is 34.9 Å². The summed E-state index contributed by atoms with van der Waals surface area (Å²) in [5, 5.41) is 9.71. The highest BCUT2D eigenvalue weighted by Crippen LogP contribution is 2.24. The van der Waals surface area contributed by atoms with E-state index in [0.29, 0.717) is 24.7 Å². The van der Waals surface area contributed by atoms with Gasteiger partial charge in [-0.3, -0.25) is 9.69 Å². The Morgan fingerprint density at radius 2 is 2.17 bits per heavy atom. The number of rotatable bonds is 3. The molecule has 1 heterocycles. The highest BCUT2D eigenvalue weighted by Gasteiger charge is 2.28. The van der Waals surface area contributed by atoms with Crippen molar-refractivity contribution in [1.29, 1.82) is 0 Å². The number of hydrogen-bond acceptors (Lipinski definition) is 3. The highest BCUT2D eigenvalue weighted by atomic mass is 35.5. The van der Waals surface area contributed by atoms with Crippen molar-refractivity contribution < 1.29 is 14.6 Å². The Hall–Kier alpha value is -1.10. The normalized spacial score (nSPS) is 22.7. The van der Waals surface area contributed by atoms with E-state index in [4.69, 9.17) is 21.4 Å². The molecule has 18 heavy (non-hydrogen) atoms. The van der Waals surface area contributed by atoms with E-state index in [1.807, 2.05) is 29.2 Å². The summed E-state index contributed by atoms with van der Waals surface area (Å²) < 4.78 is 5.69. The van der Waals surface area contributed by atoms with Gasteiger partial charge in [0, 0.05) is 18.1 Å². The van der Waals surface area contributed by atoms with Gasteiger partial charge in [-0.1, -0.05) is 23.7 Å². The summed E-state index contributed by atoms with van der Waals surface area (Å²) in [6.45, 7) is 3.49. The SMILES string of the molecule is C[C@@H](C(=O)O)N1CCO[C@@H](c2ccc(Cl)cc2)C1. The molecule has 2 rings (SSSR count). The molecule has 1 saturated heterocycles. The van der Waals surface area contributed by atoms with Crippen molar-refractivity contribution in [2.24, 2.45) is 0 Å². The van der Waals surface area contributed by atoms with E-state index in [2.05, 4.69) is 0 Å². The second-order valence-corrected chi connectivity index (χ2v) is 4.86. The lowest BCUT2D eigenvalue weighted by Gasteiger charge is -2.35. The summed E-state index contributed by atoms with van der Waals surface area (Å²) in [5.74, 6) is -0.799. The second-order valence-electron chi connectivity index (χ2n) is 4.42. The van der Waals surface area contributed by atoms with Crippen LogP contribution >= 0.6 is 11.6 Å². The van der Waals surface area contributed by atoms with Crippen LogP contribution in [0.3, 0.4) is 0 Å². The first kappa shape index (κ1) is 13.3. The number of morpholine rings is 1. The molecule has 1 aliphatic rings. The Balaban J connectivity index is 2.06. The van der Waals surface area contributed by atoms with E-state index in [1.165, 1.54) is 0 Å². The molecule has 0 bridgehead atoms. The van der Waals surface area contributed by atoms with Gasteiger partial charge in [0.05, 0.1) is 12.7 Å². The van der Waals surface area contributed by atoms with Crippen molar-refractivity contribution in [1.82, 2.24) is 4.90 Å². The van der Waals surface area contributed by atoms with Crippen molar-refractivity contribution in [2.75, 3.05) is 19.7 Å². The van der Waals surface area contributed by atoms with Gasteiger partial charge in [0.1, 0.15) is 6.04 Å². The third-order valence-corrected chi connectivity index (χ3v) is 3.50. The molecular weight excluding hydrogens is 254 g/mol. The zero-order valence-electron chi connectivity index (χ0n) is 10.2. The maximum absolute atomic E-state index is 11.0. The van der Waals surface area contributed by atoms with Crippen LogP contribution in [0.15, 0.2) is 24.3 Å². The number of halogens is 1. The van der Waals surface area contributed by atoms with Crippen LogP contribution < -0.4 is 0 Å². The van der Waals surface area contributed by atoms with Crippen LogP contribution in [-0.4, -0.2) is 41.7 Å². The van der Waals surface area contributed by atoms with Crippen LogP contribution in [-0.2, 0) is 9.53 Å². The average molecular weight is 270 g/mol. The molecule has 0 spiro atoms. The maximum atomic E-state index is 11.0. The van der Waals surface area contributed by atoms with E-state index >= 15 is 0 Å². The van der Waals surface area contributed by atoms with Gasteiger partial charge in [-0.25, -0.2) is 0 Å². The largest absolute Gasteiger partial charge is 0.480 e. The lowest BCUT2D eigenvalue weighted by Crippen LogP contribution is -2.46. The summed E-state index contributed by atoms with van der Waals surface area (Å²) in [4.78, 5) is 12.9. The molecule has 2 atom stereocenters. The predicted molar refractivity (Wildman–Crippen MR) is 68.8 cm³/mol. The third-order valence-electron chi connectivity index (χ3n) is 3.24. The molecule has 0 aliphatic carbocycles. The number of carbonyl (C=O) groups is 1. The quantitative estimate of drug-likeness (QED) is 0.914. The van der Waals surface area contributed by atoms with E-state index in [0.717, 1.165) is 5.56 Å². The van der Waals surface area contributed by atoms with Crippen molar-refractivity contribution in [3.63, 3.8) is 0 Å². The molecule has 5 heteroatoms. The van der Waals surface area contributed by atoms with Gasteiger partial charge < -0.3 is 9.84 Å². The van der Waals surface area contributed by atoms with Gasteiger partial charge >= 0.3 is 5.97 Å². The molecule has 0 aromatic heterocycles. The van der Waals surface area contributed by atoms with Crippen LogP contribution in [0.5, 0.6) is 0 Å². The number of ether oxygens (including phenoxy) is 1. The first-order chi connectivity index (χ1) is 8.58. The van der Waals surface area contributed by atoms with Crippen molar-refractivity contribution >= 4 is 17.6 Å². The van der Waals surface area contributed by atoms with Crippen LogP contribution in [0.4, 0.5) is 0 Å². The Bertz CT molecular complexity index is 421. The van der Waals surface area contributed by atoms with Gasteiger partial charge in [-0.2, -0.15) is 0 Å². The molecule has 1 N–H and O–H groups in total. The summed E-state index contributed by atoms with van der Waals surface area (Å²) in [6, 6.07) is 6.99. The van der Waals surface area contributed by atoms with Gasteiger partial charge in [0.15, 0.2) is 0 Å². The molecule has 1 fully saturated rings. The lowest BCUT2D eigenvalue weighted by atomic mass is 10.1. The predicted octanol–water partition coefficient (Wildman–Crippen LogP) is 2.19. The number of benzene rings is 1. The minimum atomic E-state index is -0.799. The summed E-state index contributed by atoms with van der Waals surface area (Å²) in [6.07, 6.45) is -0.0854. The fraction of sp³-hybridized carbons (Fsp3) is 0.462. The molecule has 98 valence electrons. The van der Waals surface area contributed by atoms with E-state index in [9.17, 15) is 4.79 Å². The molecule has 1 aliphatic heterocycles. The van der Waals surface area contributed by atoms with Crippen LogP contribution in [0.25, 0.3) is 0 Å². The monoisotopic (exact) mass is 269 g/mol. The molecule has 0 saturated carbocycles. The van der Waals surface area contributed by atoms with E-state index in [-0.39, 0.29) is 6.10 Å². The van der Waals surface area contributed by atoms with Gasteiger partial charge in [0.25, 0.3) is 0 Å². The maximum Gasteiger partial charge on any atom is 0.320 e. The van der Waals surface area contributed by atoms with Crippen molar-refractivity contribution in [2.45, 2.75) is 19.1 Å². The van der Waals surface area contributed by atoms with Gasteiger partial charge in [0.2, 0.25) is 0 Å². The van der Waals surface area contributed by atoms with E-state index < -0.39 is 12.0 Å². The minimum Gasteiger partial charge on any atom is -0.480 e.